The summed E-state index contributed by atoms with van der Waals surface area (Å²) in [4.78, 5) is 28.6. The van der Waals surface area contributed by atoms with Crippen LogP contribution in [-0.2, 0) is 6.42 Å². The van der Waals surface area contributed by atoms with E-state index >= 15 is 0 Å². The van der Waals surface area contributed by atoms with Crippen molar-refractivity contribution in [2.45, 2.75) is 12.8 Å². The summed E-state index contributed by atoms with van der Waals surface area (Å²) in [5.41, 5.74) is 1.79. The minimum atomic E-state index is -0.122. The lowest BCUT2D eigenvalue weighted by molar-refractivity contribution is 0.0518. The van der Waals surface area contributed by atoms with E-state index in [9.17, 15) is 9.59 Å². The summed E-state index contributed by atoms with van der Waals surface area (Å²) < 4.78 is 10.8. The zero-order valence-corrected chi connectivity index (χ0v) is 13.9. The first-order valence-corrected chi connectivity index (χ1v) is 8.60. The molecule has 6 nitrogen and oxygen atoms in total. The Morgan fingerprint density at radius 1 is 0.960 bits per heavy atom. The Kier molecular flexibility index (Phi) is 4.17. The van der Waals surface area contributed by atoms with E-state index in [1.165, 1.54) is 6.26 Å². The van der Waals surface area contributed by atoms with Crippen LogP contribution in [0.5, 0.6) is 5.75 Å². The Hall–Kier alpha value is -2.76. The van der Waals surface area contributed by atoms with Crippen molar-refractivity contribution in [2.75, 3.05) is 32.8 Å². The van der Waals surface area contributed by atoms with Gasteiger partial charge in [-0.3, -0.25) is 9.59 Å². The summed E-state index contributed by atoms with van der Waals surface area (Å²) in [7, 11) is 0. The number of furan rings is 1. The topological polar surface area (TPSA) is 63.0 Å². The van der Waals surface area contributed by atoms with Gasteiger partial charge in [0.05, 0.1) is 12.9 Å². The number of ether oxygens (including phenoxy) is 1. The second-order valence-corrected chi connectivity index (χ2v) is 6.34. The van der Waals surface area contributed by atoms with E-state index in [1.807, 2.05) is 18.2 Å². The standard InChI is InChI=1S/C19H20N2O4/c22-18(15-5-6-16-14(13-15)3-1-11-24-16)20-7-9-21(10-8-20)19(23)17-4-2-12-25-17/h2,4-6,12-13H,1,3,7-11H2. The third kappa shape index (κ3) is 3.12. The maximum absolute atomic E-state index is 12.8. The number of benzene rings is 1. The van der Waals surface area contributed by atoms with Crippen molar-refractivity contribution < 1.29 is 18.7 Å². The lowest BCUT2D eigenvalue weighted by Crippen LogP contribution is -2.50. The summed E-state index contributed by atoms with van der Waals surface area (Å²) in [5.74, 6) is 1.12. The summed E-state index contributed by atoms with van der Waals surface area (Å²) >= 11 is 0. The molecule has 0 unspecified atom stereocenters. The van der Waals surface area contributed by atoms with Gasteiger partial charge in [0, 0.05) is 31.7 Å². The molecule has 1 saturated heterocycles. The molecule has 1 aromatic heterocycles. The van der Waals surface area contributed by atoms with E-state index in [-0.39, 0.29) is 11.8 Å². The summed E-state index contributed by atoms with van der Waals surface area (Å²) in [6.45, 7) is 2.82. The van der Waals surface area contributed by atoms with E-state index in [1.54, 1.807) is 21.9 Å². The maximum Gasteiger partial charge on any atom is 0.289 e. The molecule has 0 aliphatic carbocycles. The number of hydrogen-bond acceptors (Lipinski definition) is 4. The second-order valence-electron chi connectivity index (χ2n) is 6.34. The van der Waals surface area contributed by atoms with Crippen LogP contribution in [0.25, 0.3) is 0 Å². The minimum absolute atomic E-state index is 0.0125. The van der Waals surface area contributed by atoms with Crippen LogP contribution in [0, 0.1) is 0 Å². The SMILES string of the molecule is O=C(c1ccc2c(c1)CCCO2)N1CCN(C(=O)c2ccco2)CC1. The lowest BCUT2D eigenvalue weighted by Gasteiger charge is -2.34. The molecule has 2 aliphatic heterocycles. The van der Waals surface area contributed by atoms with Crippen molar-refractivity contribution in [2.24, 2.45) is 0 Å². The van der Waals surface area contributed by atoms with Crippen molar-refractivity contribution in [3.63, 3.8) is 0 Å². The number of aryl methyl sites for hydroxylation is 1. The predicted molar refractivity (Wildman–Crippen MR) is 90.8 cm³/mol. The molecule has 2 aromatic rings. The molecule has 3 heterocycles. The van der Waals surface area contributed by atoms with E-state index < -0.39 is 0 Å². The van der Waals surface area contributed by atoms with Gasteiger partial charge >= 0.3 is 0 Å². The van der Waals surface area contributed by atoms with Crippen LogP contribution in [0.15, 0.2) is 41.0 Å². The molecule has 0 atom stereocenters. The van der Waals surface area contributed by atoms with Crippen LogP contribution in [-0.4, -0.2) is 54.4 Å². The highest BCUT2D eigenvalue weighted by atomic mass is 16.5. The van der Waals surface area contributed by atoms with Crippen molar-refractivity contribution in [1.82, 2.24) is 9.80 Å². The van der Waals surface area contributed by atoms with Crippen LogP contribution < -0.4 is 4.74 Å². The average molecular weight is 340 g/mol. The molecule has 0 spiro atoms. The number of hydrogen-bond donors (Lipinski definition) is 0. The summed E-state index contributed by atoms with van der Waals surface area (Å²) in [5, 5.41) is 0. The third-order valence-electron chi connectivity index (χ3n) is 4.74. The van der Waals surface area contributed by atoms with Crippen molar-refractivity contribution in [1.29, 1.82) is 0 Å². The largest absolute Gasteiger partial charge is 0.493 e. The third-order valence-corrected chi connectivity index (χ3v) is 4.74. The Balaban J connectivity index is 1.40. The molecular weight excluding hydrogens is 320 g/mol. The van der Waals surface area contributed by atoms with Gasteiger partial charge in [0.25, 0.3) is 11.8 Å². The summed E-state index contributed by atoms with van der Waals surface area (Å²) in [6, 6.07) is 9.02. The molecule has 1 fully saturated rings. The number of carbonyl (C=O) groups is 2. The first-order valence-electron chi connectivity index (χ1n) is 8.60. The van der Waals surface area contributed by atoms with E-state index in [4.69, 9.17) is 9.15 Å². The molecule has 130 valence electrons. The number of fused-ring (bicyclic) bond motifs is 1. The Morgan fingerprint density at radius 3 is 2.44 bits per heavy atom. The van der Waals surface area contributed by atoms with Crippen LogP contribution in [0.1, 0.15) is 32.9 Å². The van der Waals surface area contributed by atoms with Crippen LogP contribution in [0.2, 0.25) is 0 Å². The molecule has 25 heavy (non-hydrogen) atoms. The molecule has 1 aromatic carbocycles. The average Bonchev–Trinajstić information content (AvgIpc) is 3.21. The first-order chi connectivity index (χ1) is 12.2. The molecular formula is C19H20N2O4. The van der Waals surface area contributed by atoms with Gasteiger partial charge in [0.15, 0.2) is 5.76 Å². The molecule has 2 aliphatic rings. The number of amides is 2. The zero-order valence-electron chi connectivity index (χ0n) is 13.9. The number of piperazine rings is 1. The number of rotatable bonds is 2. The van der Waals surface area contributed by atoms with Crippen LogP contribution in [0.3, 0.4) is 0 Å². The highest BCUT2D eigenvalue weighted by Gasteiger charge is 2.27. The second kappa shape index (κ2) is 6.63. The molecule has 6 heteroatoms. The highest BCUT2D eigenvalue weighted by molar-refractivity contribution is 5.95. The maximum atomic E-state index is 12.8. The van der Waals surface area contributed by atoms with Crippen LogP contribution >= 0.6 is 0 Å². The number of nitrogens with zero attached hydrogens (tertiary/aromatic N) is 2. The van der Waals surface area contributed by atoms with Gasteiger partial charge < -0.3 is 19.0 Å². The molecule has 4 rings (SSSR count). The molecule has 0 N–H and O–H groups in total. The van der Waals surface area contributed by atoms with Gasteiger partial charge in [0.2, 0.25) is 0 Å². The Morgan fingerprint density at radius 2 is 1.72 bits per heavy atom. The molecule has 0 saturated carbocycles. The van der Waals surface area contributed by atoms with Gasteiger partial charge in [-0.25, -0.2) is 0 Å². The van der Waals surface area contributed by atoms with Crippen molar-refractivity contribution in [3.05, 3.63) is 53.5 Å². The predicted octanol–water partition coefficient (Wildman–Crippen LogP) is 2.20. The molecule has 0 bridgehead atoms. The quantitative estimate of drug-likeness (QED) is 0.841. The van der Waals surface area contributed by atoms with Gasteiger partial charge in [-0.05, 0) is 48.7 Å². The van der Waals surface area contributed by atoms with E-state index in [0.717, 1.165) is 30.8 Å². The van der Waals surface area contributed by atoms with Crippen molar-refractivity contribution in [3.8, 4) is 5.75 Å². The van der Waals surface area contributed by atoms with Gasteiger partial charge in [-0.1, -0.05) is 0 Å². The first kappa shape index (κ1) is 15.7. The monoisotopic (exact) mass is 340 g/mol. The zero-order chi connectivity index (χ0) is 17.2. The lowest BCUT2D eigenvalue weighted by atomic mass is 10.0. The smallest absolute Gasteiger partial charge is 0.289 e. The van der Waals surface area contributed by atoms with Gasteiger partial charge in [-0.2, -0.15) is 0 Å². The fourth-order valence-electron chi connectivity index (χ4n) is 3.34. The van der Waals surface area contributed by atoms with E-state index in [0.29, 0.717) is 37.5 Å². The van der Waals surface area contributed by atoms with Crippen molar-refractivity contribution >= 4 is 11.8 Å². The Bertz CT molecular complexity index is 777. The fraction of sp³-hybridized carbons (Fsp3) is 0.368. The Labute approximate surface area is 146 Å². The normalized spacial score (nSPS) is 17.0. The molecule has 2 amide bonds. The highest BCUT2D eigenvalue weighted by Crippen LogP contribution is 2.26. The summed E-state index contributed by atoms with van der Waals surface area (Å²) in [6.07, 6.45) is 3.42. The molecule has 0 radical (unpaired) electrons. The van der Waals surface area contributed by atoms with E-state index in [2.05, 4.69) is 0 Å². The van der Waals surface area contributed by atoms with Gasteiger partial charge in [0.1, 0.15) is 5.75 Å². The number of carbonyl (C=O) groups excluding carboxylic acids is 2. The fourth-order valence-corrected chi connectivity index (χ4v) is 3.34. The van der Waals surface area contributed by atoms with Crippen LogP contribution in [0.4, 0.5) is 0 Å². The minimum Gasteiger partial charge on any atom is -0.493 e. The van der Waals surface area contributed by atoms with Gasteiger partial charge in [-0.15, -0.1) is 0 Å².